The van der Waals surface area contributed by atoms with Crippen LogP contribution in [-0.2, 0) is 31.4 Å². The predicted octanol–water partition coefficient (Wildman–Crippen LogP) is -1.69. The number of hydrogen-bond donors (Lipinski definition) is 3. The molecule has 0 saturated carbocycles. The molecule has 12 heteroatoms. The molecule has 0 aliphatic heterocycles. The molecule has 0 unspecified atom stereocenters. The average Bonchev–Trinajstić information content (AvgIpc) is 2.80. The number of primary sulfonamides is 1. The molecule has 0 bridgehead atoms. The highest BCUT2D eigenvalue weighted by Gasteiger charge is 2.16. The second-order valence-electron chi connectivity index (χ2n) is 4.20. The van der Waals surface area contributed by atoms with Gasteiger partial charge in [-0.1, -0.05) is 0 Å². The van der Waals surface area contributed by atoms with Crippen LogP contribution in [0, 0.1) is 0 Å². The summed E-state index contributed by atoms with van der Waals surface area (Å²) >= 11 is 0. The minimum atomic E-state index is -3.81. The van der Waals surface area contributed by atoms with E-state index in [0.717, 1.165) is 6.20 Å². The zero-order chi connectivity index (χ0) is 16.1. The highest BCUT2D eigenvalue weighted by Crippen LogP contribution is 2.07. The molecule has 0 spiro atoms. The highest BCUT2D eigenvalue weighted by atomic mass is 32.2. The number of hydrogen-bond acceptors (Lipinski definition) is 6. The Morgan fingerprint density at radius 2 is 2.05 bits per heavy atom. The maximum Gasteiger partial charge on any atom is 0.305 e. The van der Waals surface area contributed by atoms with Crippen LogP contribution in [0.4, 0.5) is 0 Å². The number of sulfonamides is 2. The molecule has 1 aromatic rings. The third-order valence-corrected chi connectivity index (χ3v) is 4.65. The first kappa shape index (κ1) is 17.6. The lowest BCUT2D eigenvalue weighted by molar-refractivity contribution is -0.137. The molecule has 0 saturated heterocycles. The summed E-state index contributed by atoms with van der Waals surface area (Å²) in [5, 5.41) is 17.1. The number of nitrogens with two attached hydrogens (primary N) is 1. The molecule has 1 aromatic heterocycles. The number of aromatic nitrogens is 2. The molecule has 4 N–H and O–H groups in total. The number of aliphatic carboxylic acids is 1. The van der Waals surface area contributed by atoms with Gasteiger partial charge in [-0.2, -0.15) is 5.10 Å². The first-order valence-electron chi connectivity index (χ1n) is 5.84. The van der Waals surface area contributed by atoms with Crippen LogP contribution in [0.25, 0.3) is 0 Å². The van der Waals surface area contributed by atoms with Crippen LogP contribution in [-0.4, -0.2) is 50.0 Å². The van der Waals surface area contributed by atoms with E-state index >= 15 is 0 Å². The Morgan fingerprint density at radius 1 is 1.38 bits per heavy atom. The van der Waals surface area contributed by atoms with Crippen molar-refractivity contribution in [2.75, 3.05) is 12.3 Å². The lowest BCUT2D eigenvalue weighted by Crippen LogP contribution is -2.27. The number of aryl methyl sites for hydroxylation is 1. The van der Waals surface area contributed by atoms with Crippen molar-refractivity contribution in [2.45, 2.75) is 24.3 Å². The molecule has 0 fully saturated rings. The normalized spacial score (nSPS) is 12.4. The fourth-order valence-corrected chi connectivity index (χ4v) is 2.95. The number of nitrogens with zero attached hydrogens (tertiary/aromatic N) is 2. The van der Waals surface area contributed by atoms with E-state index in [-0.39, 0.29) is 36.6 Å². The third kappa shape index (κ3) is 6.66. The second kappa shape index (κ2) is 6.98. The van der Waals surface area contributed by atoms with Crippen molar-refractivity contribution in [3.63, 3.8) is 0 Å². The van der Waals surface area contributed by atoms with E-state index in [2.05, 4.69) is 9.82 Å². The van der Waals surface area contributed by atoms with Gasteiger partial charge < -0.3 is 5.11 Å². The Balaban J connectivity index is 2.56. The van der Waals surface area contributed by atoms with E-state index in [0.29, 0.717) is 0 Å². The van der Waals surface area contributed by atoms with Crippen LogP contribution >= 0.6 is 0 Å². The Labute approximate surface area is 122 Å². The highest BCUT2D eigenvalue weighted by molar-refractivity contribution is 7.89. The molecular weight excluding hydrogens is 324 g/mol. The van der Waals surface area contributed by atoms with Crippen molar-refractivity contribution < 1.29 is 26.7 Å². The van der Waals surface area contributed by atoms with Gasteiger partial charge in [0.25, 0.3) is 0 Å². The first-order valence-corrected chi connectivity index (χ1v) is 9.04. The van der Waals surface area contributed by atoms with E-state index in [1.807, 2.05) is 0 Å². The lowest BCUT2D eigenvalue weighted by Gasteiger charge is -2.03. The SMILES string of the molecule is NS(=O)(=O)CCCNS(=O)(=O)c1cnn(CCC(=O)O)c1. The topological polar surface area (TPSA) is 161 Å². The summed E-state index contributed by atoms with van der Waals surface area (Å²) in [5.41, 5.74) is 0. The van der Waals surface area contributed by atoms with Crippen LogP contribution in [0.5, 0.6) is 0 Å². The van der Waals surface area contributed by atoms with Gasteiger partial charge in [-0.3, -0.25) is 9.48 Å². The van der Waals surface area contributed by atoms with Gasteiger partial charge in [-0.05, 0) is 6.42 Å². The average molecular weight is 340 g/mol. The van der Waals surface area contributed by atoms with Crippen LogP contribution in [0.15, 0.2) is 17.3 Å². The van der Waals surface area contributed by atoms with Crippen molar-refractivity contribution >= 4 is 26.0 Å². The first-order chi connectivity index (χ1) is 9.60. The second-order valence-corrected chi connectivity index (χ2v) is 7.70. The Hall–Kier alpha value is -1.50. The standard InChI is InChI=1S/C9H16N4O6S2/c10-20(16,17)5-1-3-12-21(18,19)8-6-11-13(7-8)4-2-9(14)15/h6-7,12H,1-5H2,(H,14,15)(H2,10,16,17). The largest absolute Gasteiger partial charge is 0.481 e. The molecule has 0 aliphatic rings. The number of carboxylic acids is 1. The Kier molecular flexibility index (Phi) is 5.83. The zero-order valence-electron chi connectivity index (χ0n) is 11.0. The quantitative estimate of drug-likeness (QED) is 0.452. The van der Waals surface area contributed by atoms with Gasteiger partial charge in [-0.15, -0.1) is 0 Å². The van der Waals surface area contributed by atoms with E-state index in [9.17, 15) is 21.6 Å². The summed E-state index contributed by atoms with van der Waals surface area (Å²) in [6, 6.07) is 0. The van der Waals surface area contributed by atoms with E-state index in [1.54, 1.807) is 0 Å². The zero-order valence-corrected chi connectivity index (χ0v) is 12.6. The molecule has 0 radical (unpaired) electrons. The lowest BCUT2D eigenvalue weighted by atomic mass is 10.4. The molecular formula is C9H16N4O6S2. The fraction of sp³-hybridized carbons (Fsp3) is 0.556. The van der Waals surface area contributed by atoms with Gasteiger partial charge in [0.15, 0.2) is 0 Å². The fourth-order valence-electron chi connectivity index (χ4n) is 1.38. The summed E-state index contributed by atoms with van der Waals surface area (Å²) in [7, 11) is -7.44. The van der Waals surface area contributed by atoms with Crippen molar-refractivity contribution in [1.29, 1.82) is 0 Å². The van der Waals surface area contributed by atoms with Crippen LogP contribution in [0.3, 0.4) is 0 Å². The maximum atomic E-state index is 11.8. The molecule has 0 atom stereocenters. The molecule has 21 heavy (non-hydrogen) atoms. The molecule has 1 heterocycles. The molecule has 0 amide bonds. The monoisotopic (exact) mass is 340 g/mol. The molecule has 120 valence electrons. The summed E-state index contributed by atoms with van der Waals surface area (Å²) in [4.78, 5) is 10.3. The Bertz CT molecular complexity index is 694. The molecule has 0 aliphatic carbocycles. The molecule has 0 aromatic carbocycles. The Morgan fingerprint density at radius 3 is 2.62 bits per heavy atom. The van der Waals surface area contributed by atoms with Gasteiger partial charge in [0.2, 0.25) is 20.0 Å². The van der Waals surface area contributed by atoms with Crippen LogP contribution in [0.1, 0.15) is 12.8 Å². The van der Waals surface area contributed by atoms with Crippen molar-refractivity contribution in [3.8, 4) is 0 Å². The van der Waals surface area contributed by atoms with Crippen LogP contribution < -0.4 is 9.86 Å². The van der Waals surface area contributed by atoms with Gasteiger partial charge >= 0.3 is 5.97 Å². The summed E-state index contributed by atoms with van der Waals surface area (Å²) in [6.45, 7) is -0.0324. The number of nitrogens with one attached hydrogen (secondary N) is 1. The van der Waals surface area contributed by atoms with Gasteiger partial charge in [0.05, 0.1) is 24.9 Å². The summed E-state index contributed by atoms with van der Waals surface area (Å²) in [6.07, 6.45) is 2.16. The van der Waals surface area contributed by atoms with E-state index < -0.39 is 26.0 Å². The summed E-state index contributed by atoms with van der Waals surface area (Å²) < 4.78 is 48.5. The minimum absolute atomic E-state index is 0.0468. The maximum absolute atomic E-state index is 11.8. The summed E-state index contributed by atoms with van der Waals surface area (Å²) in [5.74, 6) is -1.34. The van der Waals surface area contributed by atoms with Crippen molar-refractivity contribution in [1.82, 2.24) is 14.5 Å². The van der Waals surface area contributed by atoms with E-state index in [1.165, 1.54) is 10.9 Å². The van der Waals surface area contributed by atoms with Crippen molar-refractivity contribution in [2.24, 2.45) is 5.14 Å². The number of carboxylic acid groups (broad SMARTS) is 1. The van der Waals surface area contributed by atoms with E-state index in [4.69, 9.17) is 10.2 Å². The van der Waals surface area contributed by atoms with Gasteiger partial charge in [0, 0.05) is 12.7 Å². The van der Waals surface area contributed by atoms with Crippen LogP contribution in [0.2, 0.25) is 0 Å². The van der Waals surface area contributed by atoms with Gasteiger partial charge in [-0.25, -0.2) is 26.7 Å². The van der Waals surface area contributed by atoms with Crippen molar-refractivity contribution in [3.05, 3.63) is 12.4 Å². The smallest absolute Gasteiger partial charge is 0.305 e. The minimum Gasteiger partial charge on any atom is -0.481 e. The molecule has 10 nitrogen and oxygen atoms in total. The predicted molar refractivity (Wildman–Crippen MR) is 72.3 cm³/mol. The third-order valence-electron chi connectivity index (χ3n) is 2.37. The number of rotatable bonds is 9. The van der Waals surface area contributed by atoms with Gasteiger partial charge in [0.1, 0.15) is 4.90 Å². The number of carbonyl (C=O) groups is 1. The molecule has 1 rings (SSSR count).